The van der Waals surface area contributed by atoms with Crippen molar-refractivity contribution < 1.29 is 4.42 Å². The van der Waals surface area contributed by atoms with Gasteiger partial charge in [0.1, 0.15) is 12.7 Å². The number of hydrogen-bond acceptors (Lipinski definition) is 14. The number of nitrogens with zero attached hydrogens (tertiary/aromatic N) is 16. The highest BCUT2D eigenvalue weighted by Gasteiger charge is 1.94. The molecule has 12 aromatic heterocycles. The molecule has 0 aliphatic carbocycles. The van der Waals surface area contributed by atoms with E-state index in [2.05, 4.69) is 60.3 Å². The van der Waals surface area contributed by atoms with Crippen LogP contribution in [0.5, 0.6) is 0 Å². The van der Waals surface area contributed by atoms with E-state index in [1.807, 2.05) is 108 Å². The van der Waals surface area contributed by atoms with Gasteiger partial charge in [0.15, 0.2) is 34.6 Å². The lowest BCUT2D eigenvalue weighted by atomic mass is 10.4. The van der Waals surface area contributed by atoms with E-state index in [0.717, 1.165) is 32.7 Å². The summed E-state index contributed by atoms with van der Waals surface area (Å²) >= 11 is 1.61. The van der Waals surface area contributed by atoms with E-state index in [1.165, 1.54) is 19.0 Å². The van der Waals surface area contributed by atoms with Crippen LogP contribution in [0.25, 0.3) is 44.2 Å². The second-order valence-electron chi connectivity index (χ2n) is 10.4. The number of fused-ring (bicyclic) bond motifs is 6. The zero-order chi connectivity index (χ0) is 36.6. The molecule has 12 heterocycles. The lowest BCUT2D eigenvalue weighted by molar-refractivity contribution is 0.602. The predicted molar refractivity (Wildman–Crippen MR) is 201 cm³/mol. The highest BCUT2D eigenvalue weighted by Crippen LogP contribution is 2.13. The van der Waals surface area contributed by atoms with Crippen LogP contribution >= 0.6 is 11.3 Å². The van der Waals surface area contributed by atoms with Crippen molar-refractivity contribution in [3.05, 3.63) is 171 Å². The average Bonchev–Trinajstić information content (AvgIpc) is 4.09. The highest BCUT2D eigenvalue weighted by molar-refractivity contribution is 7.16. The van der Waals surface area contributed by atoms with Gasteiger partial charge >= 0.3 is 0 Å². The summed E-state index contributed by atoms with van der Waals surface area (Å²) in [4.78, 5) is 31.6. The Kier molecular flexibility index (Phi) is 11.4. The van der Waals surface area contributed by atoms with Crippen LogP contribution in [0.3, 0.4) is 0 Å². The summed E-state index contributed by atoms with van der Waals surface area (Å²) in [6.45, 7) is 0. The van der Waals surface area contributed by atoms with Gasteiger partial charge in [-0.1, -0.05) is 12.1 Å². The van der Waals surface area contributed by atoms with E-state index in [-0.39, 0.29) is 0 Å². The molecule has 0 saturated carbocycles. The molecule has 0 bridgehead atoms. The van der Waals surface area contributed by atoms with Gasteiger partial charge in [0.05, 0.1) is 21.9 Å². The third-order valence-corrected chi connectivity index (χ3v) is 7.71. The van der Waals surface area contributed by atoms with Crippen molar-refractivity contribution in [1.29, 1.82) is 0 Å². The predicted octanol–water partition coefficient (Wildman–Crippen LogP) is 5.83. The number of rotatable bonds is 0. The zero-order valence-electron chi connectivity index (χ0n) is 28.1. The number of oxazole rings is 1. The fourth-order valence-electron chi connectivity index (χ4n) is 4.48. The summed E-state index contributed by atoms with van der Waals surface area (Å²) in [6, 6.07) is 26.8. The molecule has 54 heavy (non-hydrogen) atoms. The Hall–Kier alpha value is -7.86. The molecule has 264 valence electrons. The van der Waals surface area contributed by atoms with Gasteiger partial charge in [0.2, 0.25) is 0 Å². The maximum absolute atomic E-state index is 4.94. The maximum atomic E-state index is 4.94. The summed E-state index contributed by atoms with van der Waals surface area (Å²) in [7, 11) is 0. The van der Waals surface area contributed by atoms with Crippen LogP contribution in [0.2, 0.25) is 0 Å². The average molecular weight is 733 g/mol. The molecular formula is C36H28N16OS. The molecule has 0 aliphatic heterocycles. The fourth-order valence-corrected chi connectivity index (χ4v) is 5.11. The van der Waals surface area contributed by atoms with Crippen LogP contribution in [-0.4, -0.2) is 78.3 Å². The molecule has 12 rings (SSSR count). The summed E-state index contributed by atoms with van der Waals surface area (Å²) in [5, 5.41) is 15.8. The molecule has 0 radical (unpaired) electrons. The number of thiazole rings is 1. The Balaban J connectivity index is 0.0000001000. The van der Waals surface area contributed by atoms with Gasteiger partial charge in [-0.05, 0) is 66.7 Å². The van der Waals surface area contributed by atoms with Gasteiger partial charge in [-0.3, -0.25) is 0 Å². The van der Waals surface area contributed by atoms with E-state index in [0.29, 0.717) is 11.4 Å². The van der Waals surface area contributed by atoms with E-state index in [9.17, 15) is 0 Å². The Morgan fingerprint density at radius 1 is 0.444 bits per heavy atom. The number of pyridine rings is 4. The molecule has 0 N–H and O–H groups in total. The molecule has 0 spiro atoms. The third kappa shape index (κ3) is 9.27. The maximum Gasteiger partial charge on any atom is 0.252 e. The molecule has 0 atom stereocenters. The van der Waals surface area contributed by atoms with Crippen molar-refractivity contribution in [3.63, 3.8) is 0 Å². The largest absolute Gasteiger partial charge is 0.442 e. The van der Waals surface area contributed by atoms with Crippen molar-refractivity contribution in [1.82, 2.24) is 78.3 Å². The Morgan fingerprint density at radius 2 is 1.13 bits per heavy atom. The fraction of sp³-hybridized carbons (Fsp3) is 0. The molecular weight excluding hydrogens is 705 g/mol. The Morgan fingerprint density at radius 3 is 1.96 bits per heavy atom. The van der Waals surface area contributed by atoms with Crippen molar-refractivity contribution >= 4 is 55.5 Å². The van der Waals surface area contributed by atoms with E-state index >= 15 is 0 Å². The normalized spacial score (nSPS) is 10.2. The van der Waals surface area contributed by atoms with E-state index < -0.39 is 0 Å². The third-order valence-electron chi connectivity index (χ3n) is 6.93. The topological polar surface area (TPSA) is 185 Å². The number of aromatic nitrogens is 16. The first-order chi connectivity index (χ1) is 26.8. The number of hydrogen-bond donors (Lipinski definition) is 0. The lowest BCUT2D eigenvalue weighted by Crippen LogP contribution is -1.86. The monoisotopic (exact) mass is 732 g/mol. The lowest BCUT2D eigenvalue weighted by Gasteiger charge is -1.86. The molecule has 0 aromatic carbocycles. The molecule has 0 unspecified atom stereocenters. The van der Waals surface area contributed by atoms with Gasteiger partial charge in [-0.2, -0.15) is 30.4 Å². The molecule has 12 aromatic rings. The summed E-state index contributed by atoms with van der Waals surface area (Å²) < 4.78 is 13.0. The first-order valence-electron chi connectivity index (χ1n) is 16.1. The first-order valence-corrected chi connectivity index (χ1v) is 16.9. The van der Waals surface area contributed by atoms with Gasteiger partial charge in [-0.15, -0.1) is 11.3 Å². The van der Waals surface area contributed by atoms with Crippen LogP contribution in [0.1, 0.15) is 0 Å². The van der Waals surface area contributed by atoms with Crippen LogP contribution in [0.4, 0.5) is 0 Å². The Labute approximate surface area is 309 Å². The first kappa shape index (κ1) is 34.6. The minimum Gasteiger partial charge on any atom is -0.442 e. The highest BCUT2D eigenvalue weighted by atomic mass is 32.1. The van der Waals surface area contributed by atoms with Crippen molar-refractivity contribution in [2.45, 2.75) is 0 Å². The quantitative estimate of drug-likeness (QED) is 0.181. The molecule has 0 amide bonds. The molecule has 0 fully saturated rings. The van der Waals surface area contributed by atoms with Crippen LogP contribution in [0, 0.1) is 0 Å². The molecule has 0 aliphatic rings. The van der Waals surface area contributed by atoms with E-state index in [4.69, 9.17) is 4.42 Å². The van der Waals surface area contributed by atoms with Gasteiger partial charge in [0, 0.05) is 61.8 Å². The van der Waals surface area contributed by atoms with E-state index in [1.54, 1.807) is 73.8 Å². The van der Waals surface area contributed by atoms with Gasteiger partial charge < -0.3 is 4.42 Å². The zero-order valence-corrected chi connectivity index (χ0v) is 29.0. The van der Waals surface area contributed by atoms with Crippen LogP contribution < -0.4 is 0 Å². The smallest absolute Gasteiger partial charge is 0.252 e. The molecule has 18 heteroatoms. The summed E-state index contributed by atoms with van der Waals surface area (Å²) in [6.07, 6.45) is 22.2. The standard InChI is InChI=1S/C7H6N2.2C6H5N3.C6H4N2O.C6H4N2S.C5H4N4/c1-2-6-9-7(3-1)4-5-8-9;1-3-7-6-2-4-8-9(6)5-1;1-2-4-9-6(3-1)7-5-8-9;2*1-2-5-6(7-3-1)8-4-9-5;1-2-6-5-7-4-8-9(5)3-1/h1-6H;2*1-5H;3*1-4H. The van der Waals surface area contributed by atoms with Crippen molar-refractivity contribution in [2.75, 3.05) is 0 Å². The van der Waals surface area contributed by atoms with Gasteiger partial charge in [0.25, 0.3) is 5.78 Å². The minimum atomic E-state index is 0.637. The summed E-state index contributed by atoms with van der Waals surface area (Å²) in [5.74, 6) is 0.637. The molecule has 0 saturated heterocycles. The minimum absolute atomic E-state index is 0.637. The van der Waals surface area contributed by atoms with Crippen LogP contribution in [0.15, 0.2) is 176 Å². The second-order valence-corrected chi connectivity index (χ2v) is 11.3. The van der Waals surface area contributed by atoms with Gasteiger partial charge in [-0.25, -0.2) is 48.0 Å². The van der Waals surface area contributed by atoms with Crippen molar-refractivity contribution in [3.8, 4) is 0 Å². The SMILES string of the molecule is c1ccn2nccc2c1.c1ccn2ncnc2c1.c1cnc2ccnn2c1.c1cnc2ncnn2c1.c1cnc2ncoc2c1.c1cnc2ncsc2c1. The second kappa shape index (κ2) is 17.9. The summed E-state index contributed by atoms with van der Waals surface area (Å²) in [5.41, 5.74) is 6.96. The molecule has 17 nitrogen and oxygen atoms in total. The van der Waals surface area contributed by atoms with Crippen molar-refractivity contribution in [2.24, 2.45) is 0 Å². The Bertz CT molecular complexity index is 2220. The van der Waals surface area contributed by atoms with Crippen LogP contribution in [-0.2, 0) is 0 Å².